The highest BCUT2D eigenvalue weighted by atomic mass is 16.5. The third-order valence-corrected chi connectivity index (χ3v) is 7.86. The number of carbonyl (C=O) groups excluding carboxylic acids is 1. The molecule has 0 N–H and O–H groups in total. The molecule has 1 aromatic carbocycles. The molecule has 1 aromatic rings. The van der Waals surface area contributed by atoms with Gasteiger partial charge in [0.05, 0.1) is 0 Å². The monoisotopic (exact) mass is 398 g/mol. The molecule has 2 saturated carbocycles. The lowest BCUT2D eigenvalue weighted by Crippen LogP contribution is -2.13. The predicted molar refractivity (Wildman–Crippen MR) is 121 cm³/mol. The van der Waals surface area contributed by atoms with Crippen LogP contribution in [0.1, 0.15) is 112 Å². The highest BCUT2D eigenvalue weighted by Gasteiger charge is 2.44. The number of unbranched alkanes of at least 4 members (excludes halogenated alkanes) is 4. The van der Waals surface area contributed by atoms with Gasteiger partial charge in [-0.1, -0.05) is 32.3 Å². The molecule has 0 bridgehead atoms. The number of benzene rings is 1. The fourth-order valence-electron chi connectivity index (χ4n) is 4.93. The first kappa shape index (κ1) is 22.4. The molecule has 0 unspecified atom stereocenters. The second kappa shape index (κ2) is 9.67. The van der Waals surface area contributed by atoms with E-state index in [1.54, 1.807) is 11.1 Å². The van der Waals surface area contributed by atoms with Crippen molar-refractivity contribution in [2.45, 2.75) is 123 Å². The Balaban J connectivity index is 1.44. The molecule has 162 valence electrons. The number of carbonyl (C=O) groups is 1. The van der Waals surface area contributed by atoms with E-state index >= 15 is 0 Å². The van der Waals surface area contributed by atoms with Gasteiger partial charge in [-0.15, -0.1) is 0 Å². The molecule has 0 atom stereocenters. The summed E-state index contributed by atoms with van der Waals surface area (Å²) in [5.41, 5.74) is 8.23. The standard InChI is InChI=1S/C27H42O2/c1-21-19-24(11-7-5-6-9-13-26(4)15-16-26)23(3)25(22(21)2)12-8-10-14-27(17-18-27)29-20-28/h19-20H,5-18H2,1-4H3. The molecule has 0 radical (unpaired) electrons. The normalized spacial score (nSPS) is 18.5. The van der Waals surface area contributed by atoms with Crippen LogP contribution >= 0.6 is 0 Å². The molecule has 0 heterocycles. The van der Waals surface area contributed by atoms with E-state index in [-0.39, 0.29) is 5.60 Å². The average molecular weight is 399 g/mol. The van der Waals surface area contributed by atoms with Gasteiger partial charge in [0.25, 0.3) is 6.47 Å². The van der Waals surface area contributed by atoms with Crippen LogP contribution in [0, 0.1) is 26.2 Å². The maximum Gasteiger partial charge on any atom is 0.293 e. The molecule has 2 heteroatoms. The quantitative estimate of drug-likeness (QED) is 0.242. The Morgan fingerprint density at radius 3 is 2.17 bits per heavy atom. The lowest BCUT2D eigenvalue weighted by atomic mass is 9.88. The van der Waals surface area contributed by atoms with Crippen molar-refractivity contribution >= 4 is 6.47 Å². The van der Waals surface area contributed by atoms with Crippen molar-refractivity contribution in [3.8, 4) is 0 Å². The maximum absolute atomic E-state index is 10.6. The number of hydrogen-bond acceptors (Lipinski definition) is 2. The Morgan fingerprint density at radius 1 is 0.862 bits per heavy atom. The van der Waals surface area contributed by atoms with Gasteiger partial charge in [0.15, 0.2) is 0 Å². The molecular formula is C27H42O2. The van der Waals surface area contributed by atoms with E-state index in [2.05, 4.69) is 33.8 Å². The van der Waals surface area contributed by atoms with Crippen molar-refractivity contribution < 1.29 is 9.53 Å². The Bertz CT molecular complexity index is 695. The topological polar surface area (TPSA) is 26.3 Å². The summed E-state index contributed by atoms with van der Waals surface area (Å²) in [5, 5.41) is 0. The molecule has 0 aliphatic heterocycles. The summed E-state index contributed by atoms with van der Waals surface area (Å²) in [7, 11) is 0. The summed E-state index contributed by atoms with van der Waals surface area (Å²) in [5.74, 6) is 0. The zero-order valence-electron chi connectivity index (χ0n) is 19.4. The minimum Gasteiger partial charge on any atom is -0.461 e. The van der Waals surface area contributed by atoms with E-state index in [0.717, 1.165) is 37.5 Å². The SMILES string of the molecule is Cc1cc(CCCCCCC2(C)CC2)c(C)c(CCCCC2(OC=O)CC2)c1C. The van der Waals surface area contributed by atoms with Gasteiger partial charge in [0.2, 0.25) is 0 Å². The molecule has 3 rings (SSSR count). The van der Waals surface area contributed by atoms with Crippen LogP contribution in [0.3, 0.4) is 0 Å². The number of hydrogen-bond donors (Lipinski definition) is 0. The second-order valence-corrected chi connectivity index (χ2v) is 10.4. The van der Waals surface area contributed by atoms with Crippen LogP contribution in [0.15, 0.2) is 6.07 Å². The fraction of sp³-hybridized carbons (Fsp3) is 0.741. The number of ether oxygens (including phenoxy) is 1. The molecule has 0 saturated heterocycles. The van der Waals surface area contributed by atoms with Crippen LogP contribution in [0.4, 0.5) is 0 Å². The van der Waals surface area contributed by atoms with Crippen molar-refractivity contribution in [1.82, 2.24) is 0 Å². The molecule has 0 amide bonds. The van der Waals surface area contributed by atoms with E-state index < -0.39 is 0 Å². The van der Waals surface area contributed by atoms with E-state index in [9.17, 15) is 4.79 Å². The smallest absolute Gasteiger partial charge is 0.293 e. The summed E-state index contributed by atoms with van der Waals surface area (Å²) >= 11 is 0. The van der Waals surface area contributed by atoms with Crippen molar-refractivity contribution in [3.05, 3.63) is 33.9 Å². The Kier molecular flexibility index (Phi) is 7.46. The number of aryl methyl sites for hydroxylation is 2. The third-order valence-electron chi connectivity index (χ3n) is 7.86. The van der Waals surface area contributed by atoms with Gasteiger partial charge < -0.3 is 4.74 Å². The fourth-order valence-corrected chi connectivity index (χ4v) is 4.93. The van der Waals surface area contributed by atoms with Crippen molar-refractivity contribution in [3.63, 3.8) is 0 Å². The first-order valence-corrected chi connectivity index (χ1v) is 12.1. The van der Waals surface area contributed by atoms with Gasteiger partial charge in [0, 0.05) is 0 Å². The lowest BCUT2D eigenvalue weighted by Gasteiger charge is -2.18. The van der Waals surface area contributed by atoms with Crippen LogP contribution in [0.5, 0.6) is 0 Å². The average Bonchev–Trinajstić information content (AvgIpc) is 3.61. The molecule has 0 spiro atoms. The Hall–Kier alpha value is -1.31. The summed E-state index contributed by atoms with van der Waals surface area (Å²) in [6, 6.07) is 2.44. The van der Waals surface area contributed by atoms with Gasteiger partial charge in [-0.25, -0.2) is 0 Å². The maximum atomic E-state index is 10.6. The molecule has 2 aliphatic rings. The van der Waals surface area contributed by atoms with Crippen LogP contribution in [-0.4, -0.2) is 12.1 Å². The lowest BCUT2D eigenvalue weighted by molar-refractivity contribution is -0.135. The minimum absolute atomic E-state index is 0.0967. The highest BCUT2D eigenvalue weighted by molar-refractivity contribution is 5.44. The summed E-state index contributed by atoms with van der Waals surface area (Å²) in [6.45, 7) is 9.99. The van der Waals surface area contributed by atoms with Crippen molar-refractivity contribution in [2.24, 2.45) is 5.41 Å². The molecular weight excluding hydrogens is 356 g/mol. The van der Waals surface area contributed by atoms with Gasteiger partial charge in [-0.05, 0) is 125 Å². The molecule has 29 heavy (non-hydrogen) atoms. The zero-order valence-corrected chi connectivity index (χ0v) is 19.4. The summed E-state index contributed by atoms with van der Waals surface area (Å²) < 4.78 is 5.29. The van der Waals surface area contributed by atoms with E-state index in [4.69, 9.17) is 4.74 Å². The van der Waals surface area contributed by atoms with Gasteiger partial charge >= 0.3 is 0 Å². The summed E-state index contributed by atoms with van der Waals surface area (Å²) in [6.07, 6.45) is 17.7. The third kappa shape index (κ3) is 6.33. The molecule has 2 nitrogen and oxygen atoms in total. The summed E-state index contributed by atoms with van der Waals surface area (Å²) in [4.78, 5) is 10.6. The predicted octanol–water partition coefficient (Wildman–Crippen LogP) is 7.32. The van der Waals surface area contributed by atoms with Crippen LogP contribution in [-0.2, 0) is 22.4 Å². The van der Waals surface area contributed by atoms with E-state index in [1.807, 2.05) is 0 Å². The van der Waals surface area contributed by atoms with Crippen LogP contribution in [0.25, 0.3) is 0 Å². The van der Waals surface area contributed by atoms with E-state index in [0.29, 0.717) is 6.47 Å². The van der Waals surface area contributed by atoms with Crippen LogP contribution in [0.2, 0.25) is 0 Å². The van der Waals surface area contributed by atoms with Gasteiger partial charge in [-0.2, -0.15) is 0 Å². The van der Waals surface area contributed by atoms with Crippen molar-refractivity contribution in [1.29, 1.82) is 0 Å². The largest absolute Gasteiger partial charge is 0.461 e. The molecule has 2 aliphatic carbocycles. The highest BCUT2D eigenvalue weighted by Crippen LogP contribution is 2.49. The Labute approximate surface area is 178 Å². The second-order valence-electron chi connectivity index (χ2n) is 10.4. The molecule has 2 fully saturated rings. The molecule has 0 aromatic heterocycles. The minimum atomic E-state index is -0.0967. The first-order valence-electron chi connectivity index (χ1n) is 12.1. The van der Waals surface area contributed by atoms with Gasteiger partial charge in [0.1, 0.15) is 5.60 Å². The van der Waals surface area contributed by atoms with Crippen LogP contribution < -0.4 is 0 Å². The zero-order chi connectivity index (χ0) is 20.9. The van der Waals surface area contributed by atoms with Gasteiger partial charge in [-0.3, -0.25) is 4.79 Å². The van der Waals surface area contributed by atoms with E-state index in [1.165, 1.54) is 74.5 Å². The Morgan fingerprint density at radius 2 is 1.52 bits per heavy atom. The number of rotatable bonds is 14. The van der Waals surface area contributed by atoms with Crippen molar-refractivity contribution in [2.75, 3.05) is 0 Å². The first-order chi connectivity index (χ1) is 13.9.